The Bertz CT molecular complexity index is 1160. The van der Waals surface area contributed by atoms with E-state index in [1.165, 1.54) is 4.57 Å². The van der Waals surface area contributed by atoms with E-state index in [1.54, 1.807) is 13.2 Å². The Morgan fingerprint density at radius 3 is 2.81 bits per heavy atom. The summed E-state index contributed by atoms with van der Waals surface area (Å²) in [6.07, 6.45) is 4.69. The third kappa shape index (κ3) is 4.93. The first-order valence-corrected chi connectivity index (χ1v) is 11.1. The van der Waals surface area contributed by atoms with Crippen molar-refractivity contribution in [1.82, 2.24) is 19.1 Å². The van der Waals surface area contributed by atoms with Gasteiger partial charge in [0.1, 0.15) is 11.6 Å². The number of imidazole rings is 1. The number of halogens is 1. The molecule has 3 aromatic rings. The van der Waals surface area contributed by atoms with Crippen molar-refractivity contribution in [3.8, 4) is 5.75 Å². The molecule has 0 radical (unpaired) electrons. The van der Waals surface area contributed by atoms with Crippen LogP contribution in [0.4, 0.5) is 0 Å². The molecule has 8 heteroatoms. The molecule has 1 unspecified atom stereocenters. The Hall–Kier alpha value is -2.80. The van der Waals surface area contributed by atoms with Crippen LogP contribution in [0.3, 0.4) is 0 Å². The van der Waals surface area contributed by atoms with Crippen molar-refractivity contribution in [1.29, 1.82) is 0 Å². The Balaban J connectivity index is 1.95. The van der Waals surface area contributed by atoms with Crippen molar-refractivity contribution in [3.05, 3.63) is 69.1 Å². The van der Waals surface area contributed by atoms with Crippen molar-refractivity contribution in [2.75, 3.05) is 13.0 Å². The number of nitrogens with zero attached hydrogens (tertiary/aromatic N) is 3. The second kappa shape index (κ2) is 10.5. The van der Waals surface area contributed by atoms with Crippen molar-refractivity contribution in [3.63, 3.8) is 0 Å². The maximum absolute atomic E-state index is 13.3. The summed E-state index contributed by atoms with van der Waals surface area (Å²) in [6, 6.07) is 7.79. The van der Waals surface area contributed by atoms with Gasteiger partial charge in [-0.05, 0) is 43.4 Å². The van der Waals surface area contributed by atoms with E-state index < -0.39 is 5.69 Å². The number of benzene rings is 1. The van der Waals surface area contributed by atoms with Crippen molar-refractivity contribution in [2.45, 2.75) is 51.6 Å². The second-order valence-electron chi connectivity index (χ2n) is 7.49. The minimum Gasteiger partial charge on any atom is -0.497 e. The smallest absolute Gasteiger partial charge is 0.330 e. The number of hydrogen-bond donors (Lipinski definition) is 1. The topological polar surface area (TPSA) is 81.9 Å². The van der Waals surface area contributed by atoms with E-state index in [9.17, 15) is 9.59 Å². The summed E-state index contributed by atoms with van der Waals surface area (Å²) < 4.78 is 8.37. The fraction of sp³-hybridized carbons (Fsp3) is 0.435. The minimum atomic E-state index is -0.441. The minimum absolute atomic E-state index is 0.106. The SMILES string of the molecule is C=CCn1c(C(CC)CCCl)nc2[nH]c(=O)n(CCCc3cccc(OC)c3)c(=O)c21. The highest BCUT2D eigenvalue weighted by atomic mass is 35.5. The van der Waals surface area contributed by atoms with Gasteiger partial charge in [-0.1, -0.05) is 25.1 Å². The van der Waals surface area contributed by atoms with Crippen LogP contribution in [0, 0.1) is 0 Å². The molecular weight excluding hydrogens is 416 g/mol. The summed E-state index contributed by atoms with van der Waals surface area (Å²) in [4.78, 5) is 33.3. The Labute approximate surface area is 186 Å². The molecule has 0 saturated carbocycles. The van der Waals surface area contributed by atoms with Crippen LogP contribution in [0.2, 0.25) is 0 Å². The summed E-state index contributed by atoms with van der Waals surface area (Å²) in [6.45, 7) is 6.63. The van der Waals surface area contributed by atoms with Gasteiger partial charge in [0, 0.05) is 24.9 Å². The fourth-order valence-corrected chi connectivity index (χ4v) is 4.17. The van der Waals surface area contributed by atoms with Crippen LogP contribution in [0.5, 0.6) is 5.75 Å². The fourth-order valence-electron chi connectivity index (χ4n) is 3.91. The highest BCUT2D eigenvalue weighted by molar-refractivity contribution is 6.17. The van der Waals surface area contributed by atoms with Gasteiger partial charge >= 0.3 is 5.69 Å². The standard InChI is InChI=1S/C23H29ClN4O3/c1-4-13-27-19-20(25-21(27)17(5-2)11-12-24)26-23(30)28(22(19)29)14-7-9-16-8-6-10-18(15-16)31-3/h4,6,8,10,15,17H,1,5,7,9,11-14H2,2-3H3,(H,26,30). The van der Waals surface area contributed by atoms with Gasteiger partial charge in [0.25, 0.3) is 5.56 Å². The zero-order valence-electron chi connectivity index (χ0n) is 18.1. The lowest BCUT2D eigenvalue weighted by atomic mass is 10.0. The van der Waals surface area contributed by atoms with E-state index in [0.717, 1.165) is 36.4 Å². The average Bonchev–Trinajstić information content (AvgIpc) is 3.12. The number of rotatable bonds is 11. The number of allylic oxidation sites excluding steroid dienone is 1. The molecule has 31 heavy (non-hydrogen) atoms. The van der Waals surface area contributed by atoms with Gasteiger partial charge in [-0.25, -0.2) is 9.78 Å². The number of aryl methyl sites for hydroxylation is 1. The summed E-state index contributed by atoms with van der Waals surface area (Å²) >= 11 is 5.97. The van der Waals surface area contributed by atoms with Crippen LogP contribution in [0.1, 0.15) is 43.5 Å². The molecule has 0 spiro atoms. The number of alkyl halides is 1. The summed E-state index contributed by atoms with van der Waals surface area (Å²) in [5, 5.41) is 0. The van der Waals surface area contributed by atoms with E-state index in [4.69, 9.17) is 16.3 Å². The summed E-state index contributed by atoms with van der Waals surface area (Å²) in [5.74, 6) is 2.16. The van der Waals surface area contributed by atoms with E-state index >= 15 is 0 Å². The maximum Gasteiger partial charge on any atom is 0.330 e. The van der Waals surface area contributed by atoms with Gasteiger partial charge < -0.3 is 9.30 Å². The molecule has 0 saturated heterocycles. The van der Waals surface area contributed by atoms with Crippen LogP contribution < -0.4 is 16.0 Å². The first-order valence-electron chi connectivity index (χ1n) is 10.6. The van der Waals surface area contributed by atoms with Gasteiger partial charge in [-0.15, -0.1) is 18.2 Å². The Morgan fingerprint density at radius 1 is 1.32 bits per heavy atom. The van der Waals surface area contributed by atoms with Crippen molar-refractivity contribution < 1.29 is 4.74 Å². The molecule has 7 nitrogen and oxygen atoms in total. The van der Waals surface area contributed by atoms with Crippen LogP contribution in [0.15, 0.2) is 46.5 Å². The molecule has 0 fully saturated rings. The zero-order chi connectivity index (χ0) is 22.4. The molecule has 166 valence electrons. The van der Waals surface area contributed by atoms with Gasteiger partial charge in [0.2, 0.25) is 0 Å². The molecule has 0 amide bonds. The Morgan fingerprint density at radius 2 is 2.13 bits per heavy atom. The van der Waals surface area contributed by atoms with E-state index in [-0.39, 0.29) is 11.5 Å². The molecule has 2 heterocycles. The largest absolute Gasteiger partial charge is 0.497 e. The predicted octanol–water partition coefficient (Wildman–Crippen LogP) is 3.84. The van der Waals surface area contributed by atoms with Crippen LogP contribution in [0.25, 0.3) is 11.2 Å². The van der Waals surface area contributed by atoms with Gasteiger partial charge in [0.05, 0.1) is 7.11 Å². The lowest BCUT2D eigenvalue weighted by Crippen LogP contribution is -2.36. The number of methoxy groups -OCH3 is 1. The molecule has 1 N–H and O–H groups in total. The van der Waals surface area contributed by atoms with Crippen molar-refractivity contribution >= 4 is 22.8 Å². The highest BCUT2D eigenvalue weighted by Gasteiger charge is 2.22. The number of aromatic amines is 1. The molecular formula is C23H29ClN4O3. The average molecular weight is 445 g/mol. The highest BCUT2D eigenvalue weighted by Crippen LogP contribution is 2.25. The number of fused-ring (bicyclic) bond motifs is 1. The monoisotopic (exact) mass is 444 g/mol. The number of H-pyrrole nitrogens is 1. The van der Waals surface area contributed by atoms with E-state index in [1.807, 2.05) is 28.8 Å². The molecule has 3 rings (SSSR count). The number of aromatic nitrogens is 4. The lowest BCUT2D eigenvalue weighted by molar-refractivity contribution is 0.414. The third-order valence-corrected chi connectivity index (χ3v) is 5.74. The first kappa shape index (κ1) is 22.9. The van der Waals surface area contributed by atoms with E-state index in [2.05, 4.69) is 23.5 Å². The first-order chi connectivity index (χ1) is 15.0. The molecule has 2 aromatic heterocycles. The zero-order valence-corrected chi connectivity index (χ0v) is 18.8. The third-order valence-electron chi connectivity index (χ3n) is 5.52. The second-order valence-corrected chi connectivity index (χ2v) is 7.87. The van der Waals surface area contributed by atoms with Gasteiger partial charge in [-0.3, -0.25) is 14.3 Å². The molecule has 0 aliphatic carbocycles. The summed E-state index contributed by atoms with van der Waals surface area (Å²) in [7, 11) is 1.63. The van der Waals surface area contributed by atoms with Gasteiger partial charge in [-0.2, -0.15) is 0 Å². The molecule has 0 aliphatic heterocycles. The molecule has 1 atom stereocenters. The maximum atomic E-state index is 13.3. The molecule has 0 aliphatic rings. The molecule has 1 aromatic carbocycles. The number of hydrogen-bond acceptors (Lipinski definition) is 4. The summed E-state index contributed by atoms with van der Waals surface area (Å²) in [5.41, 5.74) is 1.05. The van der Waals surface area contributed by atoms with E-state index in [0.29, 0.717) is 36.6 Å². The van der Waals surface area contributed by atoms with Crippen LogP contribution in [-0.2, 0) is 19.5 Å². The number of ether oxygens (including phenoxy) is 1. The van der Waals surface area contributed by atoms with Crippen molar-refractivity contribution in [2.24, 2.45) is 0 Å². The van der Waals surface area contributed by atoms with Crippen LogP contribution in [-0.4, -0.2) is 32.1 Å². The molecule has 0 bridgehead atoms. The normalized spacial score (nSPS) is 12.2. The quantitative estimate of drug-likeness (QED) is 0.360. The van der Waals surface area contributed by atoms with Crippen LogP contribution >= 0.6 is 11.6 Å². The number of nitrogens with one attached hydrogen (secondary N) is 1. The van der Waals surface area contributed by atoms with Gasteiger partial charge in [0.15, 0.2) is 11.2 Å². The Kier molecular flexibility index (Phi) is 7.74. The predicted molar refractivity (Wildman–Crippen MR) is 124 cm³/mol. The lowest BCUT2D eigenvalue weighted by Gasteiger charge is -2.14.